The third-order valence-corrected chi connectivity index (χ3v) is 4.21. The van der Waals surface area contributed by atoms with Crippen LogP contribution < -0.4 is 0 Å². The van der Waals surface area contributed by atoms with Gasteiger partial charge in [0.15, 0.2) is 0 Å². The lowest BCUT2D eigenvalue weighted by Gasteiger charge is -2.34. The van der Waals surface area contributed by atoms with Gasteiger partial charge < -0.3 is 0 Å². The molecule has 14 heavy (non-hydrogen) atoms. The molecule has 0 heteroatoms. The molecule has 0 aromatic carbocycles. The molecule has 1 aliphatic carbocycles. The Morgan fingerprint density at radius 1 is 1.07 bits per heavy atom. The minimum atomic E-state index is 0.650. The fourth-order valence-corrected chi connectivity index (χ4v) is 3.11. The monoisotopic (exact) mass is 196 g/mol. The molecule has 0 nitrogen and oxygen atoms in total. The van der Waals surface area contributed by atoms with Crippen molar-refractivity contribution in [3.8, 4) is 0 Å². The minimum absolute atomic E-state index is 0.650. The molecule has 1 fully saturated rings. The molecule has 0 bridgehead atoms. The minimum Gasteiger partial charge on any atom is -0.0654 e. The van der Waals surface area contributed by atoms with Gasteiger partial charge in [-0.3, -0.25) is 0 Å². The van der Waals surface area contributed by atoms with Crippen molar-refractivity contribution >= 4 is 0 Å². The summed E-state index contributed by atoms with van der Waals surface area (Å²) in [5.74, 6) is 1.06. The van der Waals surface area contributed by atoms with Crippen molar-refractivity contribution in [2.24, 2.45) is 11.3 Å². The predicted octanol–water partition coefficient (Wildman–Crippen LogP) is 5.17. The van der Waals surface area contributed by atoms with Crippen molar-refractivity contribution in [3.63, 3.8) is 0 Å². The highest BCUT2D eigenvalue weighted by molar-refractivity contribution is 4.78. The average molecular weight is 196 g/mol. The Hall–Kier alpha value is 0. The Morgan fingerprint density at radius 3 is 2.21 bits per heavy atom. The highest BCUT2D eigenvalue weighted by atomic mass is 14.3. The molecule has 0 aromatic rings. The first kappa shape index (κ1) is 12.1. The Labute approximate surface area is 90.5 Å². The van der Waals surface area contributed by atoms with Crippen LogP contribution in [0, 0.1) is 11.3 Å². The second-order valence-corrected chi connectivity index (χ2v) is 5.62. The summed E-state index contributed by atoms with van der Waals surface area (Å²) >= 11 is 0. The largest absolute Gasteiger partial charge is 0.0654 e. The standard InChI is InChI=1S/C14H28/c1-4-11-14(3,5-2)12-13-9-7-6-8-10-13/h13H,4-12H2,1-3H3. The van der Waals surface area contributed by atoms with Gasteiger partial charge >= 0.3 is 0 Å². The molecule has 0 N–H and O–H groups in total. The van der Waals surface area contributed by atoms with Crippen molar-refractivity contribution in [1.82, 2.24) is 0 Å². The zero-order chi connectivity index (χ0) is 10.4. The summed E-state index contributed by atoms with van der Waals surface area (Å²) in [4.78, 5) is 0. The van der Waals surface area contributed by atoms with E-state index in [4.69, 9.17) is 0 Å². The molecule has 84 valence electrons. The van der Waals surface area contributed by atoms with Gasteiger partial charge in [0.05, 0.1) is 0 Å². The third-order valence-electron chi connectivity index (χ3n) is 4.21. The summed E-state index contributed by atoms with van der Waals surface area (Å²) in [7, 11) is 0. The van der Waals surface area contributed by atoms with Gasteiger partial charge in [0.1, 0.15) is 0 Å². The lowest BCUT2D eigenvalue weighted by atomic mass is 9.72. The van der Waals surface area contributed by atoms with Gasteiger partial charge in [-0.25, -0.2) is 0 Å². The molecule has 0 spiro atoms. The highest BCUT2D eigenvalue weighted by Gasteiger charge is 2.26. The molecule has 1 saturated carbocycles. The fourth-order valence-electron chi connectivity index (χ4n) is 3.11. The van der Waals surface area contributed by atoms with Gasteiger partial charge in [0.2, 0.25) is 0 Å². The molecule has 0 aliphatic heterocycles. The van der Waals surface area contributed by atoms with E-state index in [9.17, 15) is 0 Å². The maximum atomic E-state index is 2.51. The number of hydrogen-bond donors (Lipinski definition) is 0. The van der Waals surface area contributed by atoms with Crippen LogP contribution in [0.5, 0.6) is 0 Å². The third kappa shape index (κ3) is 3.63. The van der Waals surface area contributed by atoms with Gasteiger partial charge in [0.25, 0.3) is 0 Å². The molecule has 0 radical (unpaired) electrons. The van der Waals surface area contributed by atoms with Gasteiger partial charge in [-0.1, -0.05) is 65.7 Å². The quantitative estimate of drug-likeness (QED) is 0.569. The molecule has 0 heterocycles. The SMILES string of the molecule is CCCC(C)(CC)CC1CCCCC1. The first-order valence-corrected chi connectivity index (χ1v) is 6.70. The van der Waals surface area contributed by atoms with E-state index in [1.807, 2.05) is 0 Å². The van der Waals surface area contributed by atoms with Crippen LogP contribution in [0.15, 0.2) is 0 Å². The lowest BCUT2D eigenvalue weighted by molar-refractivity contribution is 0.181. The summed E-state index contributed by atoms with van der Waals surface area (Å²) in [6, 6.07) is 0. The van der Waals surface area contributed by atoms with Gasteiger partial charge in [-0.2, -0.15) is 0 Å². The van der Waals surface area contributed by atoms with Crippen LogP contribution in [-0.4, -0.2) is 0 Å². The Morgan fingerprint density at radius 2 is 1.71 bits per heavy atom. The molecule has 1 unspecified atom stereocenters. The average Bonchev–Trinajstić information content (AvgIpc) is 2.20. The van der Waals surface area contributed by atoms with E-state index in [0.717, 1.165) is 5.92 Å². The molecule has 0 aromatic heterocycles. The normalized spacial score (nSPS) is 23.4. The number of rotatable bonds is 5. The summed E-state index contributed by atoms with van der Waals surface area (Å²) in [6.07, 6.45) is 13.2. The molecular weight excluding hydrogens is 168 g/mol. The predicted molar refractivity (Wildman–Crippen MR) is 64.5 cm³/mol. The first-order valence-electron chi connectivity index (χ1n) is 6.70. The molecular formula is C14H28. The first-order chi connectivity index (χ1) is 6.70. The Balaban J connectivity index is 2.37. The maximum Gasteiger partial charge on any atom is -0.0326 e. The molecule has 1 aliphatic rings. The molecule has 1 atom stereocenters. The fraction of sp³-hybridized carbons (Fsp3) is 1.00. The maximum absolute atomic E-state index is 2.51. The molecule has 1 rings (SSSR count). The van der Waals surface area contributed by atoms with Crippen molar-refractivity contribution in [3.05, 3.63) is 0 Å². The van der Waals surface area contributed by atoms with Gasteiger partial charge in [-0.05, 0) is 24.2 Å². The van der Waals surface area contributed by atoms with E-state index in [1.165, 1.54) is 57.8 Å². The van der Waals surface area contributed by atoms with E-state index >= 15 is 0 Å². The topological polar surface area (TPSA) is 0 Å². The molecule has 0 saturated heterocycles. The van der Waals surface area contributed by atoms with Crippen LogP contribution in [0.2, 0.25) is 0 Å². The number of hydrogen-bond acceptors (Lipinski definition) is 0. The van der Waals surface area contributed by atoms with Crippen LogP contribution in [0.25, 0.3) is 0 Å². The van der Waals surface area contributed by atoms with Crippen LogP contribution >= 0.6 is 0 Å². The van der Waals surface area contributed by atoms with Crippen molar-refractivity contribution in [2.75, 3.05) is 0 Å². The smallest absolute Gasteiger partial charge is 0.0326 e. The summed E-state index contributed by atoms with van der Waals surface area (Å²) in [5.41, 5.74) is 0.650. The van der Waals surface area contributed by atoms with Crippen molar-refractivity contribution in [2.45, 2.75) is 78.6 Å². The van der Waals surface area contributed by atoms with Crippen LogP contribution in [0.3, 0.4) is 0 Å². The zero-order valence-electron chi connectivity index (χ0n) is 10.4. The Bertz CT molecular complexity index is 144. The summed E-state index contributed by atoms with van der Waals surface area (Å²) in [6.45, 7) is 7.21. The highest BCUT2D eigenvalue weighted by Crippen LogP contribution is 2.39. The van der Waals surface area contributed by atoms with E-state index < -0.39 is 0 Å². The van der Waals surface area contributed by atoms with Crippen LogP contribution in [-0.2, 0) is 0 Å². The van der Waals surface area contributed by atoms with E-state index in [2.05, 4.69) is 20.8 Å². The summed E-state index contributed by atoms with van der Waals surface area (Å²) < 4.78 is 0. The van der Waals surface area contributed by atoms with E-state index in [1.54, 1.807) is 0 Å². The van der Waals surface area contributed by atoms with Crippen molar-refractivity contribution < 1.29 is 0 Å². The van der Waals surface area contributed by atoms with E-state index in [-0.39, 0.29) is 0 Å². The van der Waals surface area contributed by atoms with Crippen LogP contribution in [0.4, 0.5) is 0 Å². The van der Waals surface area contributed by atoms with Gasteiger partial charge in [-0.15, -0.1) is 0 Å². The van der Waals surface area contributed by atoms with Crippen molar-refractivity contribution in [1.29, 1.82) is 0 Å². The second kappa shape index (κ2) is 5.78. The lowest BCUT2D eigenvalue weighted by Crippen LogP contribution is -2.21. The zero-order valence-corrected chi connectivity index (χ0v) is 10.4. The summed E-state index contributed by atoms with van der Waals surface area (Å²) in [5, 5.41) is 0. The van der Waals surface area contributed by atoms with Crippen LogP contribution in [0.1, 0.15) is 78.6 Å². The van der Waals surface area contributed by atoms with Gasteiger partial charge in [0, 0.05) is 0 Å². The molecule has 0 amide bonds. The van der Waals surface area contributed by atoms with E-state index in [0.29, 0.717) is 5.41 Å². The second-order valence-electron chi connectivity index (χ2n) is 5.62. The Kier molecular flexibility index (Phi) is 4.98.